The molecule has 0 unspecified atom stereocenters. The van der Waals surface area contributed by atoms with Crippen LogP contribution >= 0.6 is 15.9 Å². The minimum Gasteiger partial charge on any atom is -0.426 e. The molecule has 0 N–H and O–H groups in total. The fraction of sp³-hybridized carbons (Fsp3) is 0.0833. The van der Waals surface area contributed by atoms with Gasteiger partial charge >= 0.3 is 5.97 Å². The summed E-state index contributed by atoms with van der Waals surface area (Å²) in [6.07, 6.45) is 1.37. The fourth-order valence-electron chi connectivity index (χ4n) is 3.13. The molecule has 160 valence electrons. The lowest BCUT2D eigenvalue weighted by Crippen LogP contribution is -2.23. The maximum absolute atomic E-state index is 13.0. The molecule has 0 fully saturated rings. The number of rotatable bonds is 6. The Labute approximate surface area is 190 Å². The van der Waals surface area contributed by atoms with Crippen molar-refractivity contribution < 1.29 is 18.7 Å². The van der Waals surface area contributed by atoms with Gasteiger partial charge in [0.25, 0.3) is 5.56 Å². The van der Waals surface area contributed by atoms with Crippen LogP contribution in [-0.4, -0.2) is 21.3 Å². The number of hydrogen-bond acceptors (Lipinski definition) is 5. The summed E-state index contributed by atoms with van der Waals surface area (Å²) in [5.74, 6) is -0.932. The normalized spacial score (nSPS) is 10.8. The van der Waals surface area contributed by atoms with E-state index in [1.165, 1.54) is 59.4 Å². The first kappa shape index (κ1) is 21.6. The maximum atomic E-state index is 13.0. The Balaban J connectivity index is 1.39. The third-order valence-electron chi connectivity index (χ3n) is 4.80. The second kappa shape index (κ2) is 9.23. The van der Waals surface area contributed by atoms with Gasteiger partial charge in [-0.1, -0.05) is 15.9 Å². The Hall–Kier alpha value is -3.65. The Kier molecular flexibility index (Phi) is 6.23. The first-order valence-electron chi connectivity index (χ1n) is 9.66. The lowest BCUT2D eigenvalue weighted by atomic mass is 10.0. The molecule has 3 aromatic carbocycles. The number of ether oxygens (including phenoxy) is 1. The highest BCUT2D eigenvalue weighted by atomic mass is 79.9. The van der Waals surface area contributed by atoms with Crippen LogP contribution in [0.2, 0.25) is 0 Å². The molecule has 6 nitrogen and oxygen atoms in total. The topological polar surface area (TPSA) is 78.3 Å². The predicted molar refractivity (Wildman–Crippen MR) is 120 cm³/mol. The van der Waals surface area contributed by atoms with Crippen molar-refractivity contribution in [3.63, 3.8) is 0 Å². The number of benzene rings is 3. The van der Waals surface area contributed by atoms with E-state index in [2.05, 4.69) is 20.9 Å². The highest BCUT2D eigenvalue weighted by molar-refractivity contribution is 9.10. The summed E-state index contributed by atoms with van der Waals surface area (Å²) in [6.45, 7) is 0.119. The molecule has 0 spiro atoms. The van der Waals surface area contributed by atoms with Gasteiger partial charge in [0, 0.05) is 22.1 Å². The van der Waals surface area contributed by atoms with E-state index >= 15 is 0 Å². The van der Waals surface area contributed by atoms with E-state index in [-0.39, 0.29) is 30.1 Å². The first-order chi connectivity index (χ1) is 15.4. The number of esters is 1. The van der Waals surface area contributed by atoms with Gasteiger partial charge in [0.05, 0.1) is 23.7 Å². The molecule has 0 saturated heterocycles. The SMILES string of the molecule is O=C(CCn1cnc2ccc(Br)cc2c1=O)Oc1ccc(C(=O)c2ccc(F)cc2)cc1. The highest BCUT2D eigenvalue weighted by Gasteiger charge is 2.12. The molecule has 4 aromatic rings. The zero-order chi connectivity index (χ0) is 22.7. The molecule has 1 heterocycles. The lowest BCUT2D eigenvalue weighted by Gasteiger charge is -2.08. The van der Waals surface area contributed by atoms with Gasteiger partial charge in [-0.25, -0.2) is 9.37 Å². The second-order valence-corrected chi connectivity index (χ2v) is 7.90. The van der Waals surface area contributed by atoms with Crippen molar-refractivity contribution in [3.8, 4) is 5.75 Å². The summed E-state index contributed by atoms with van der Waals surface area (Å²) in [6, 6.07) is 16.6. The van der Waals surface area contributed by atoms with E-state index < -0.39 is 11.8 Å². The van der Waals surface area contributed by atoms with Crippen LogP contribution in [0.25, 0.3) is 10.9 Å². The number of hydrogen-bond donors (Lipinski definition) is 0. The number of aromatic nitrogens is 2. The minimum atomic E-state index is -0.524. The van der Waals surface area contributed by atoms with Gasteiger partial charge in [-0.2, -0.15) is 0 Å². The van der Waals surface area contributed by atoms with Crippen LogP contribution in [0.4, 0.5) is 4.39 Å². The Morgan fingerprint density at radius 3 is 2.31 bits per heavy atom. The molecule has 4 rings (SSSR count). The van der Waals surface area contributed by atoms with E-state index in [0.29, 0.717) is 22.0 Å². The summed E-state index contributed by atoms with van der Waals surface area (Å²) in [7, 11) is 0. The largest absolute Gasteiger partial charge is 0.426 e. The van der Waals surface area contributed by atoms with Crippen molar-refractivity contribution in [2.75, 3.05) is 0 Å². The highest BCUT2D eigenvalue weighted by Crippen LogP contribution is 2.17. The lowest BCUT2D eigenvalue weighted by molar-refractivity contribution is -0.134. The zero-order valence-corrected chi connectivity index (χ0v) is 18.2. The fourth-order valence-corrected chi connectivity index (χ4v) is 3.49. The Morgan fingerprint density at radius 2 is 1.62 bits per heavy atom. The van der Waals surface area contributed by atoms with E-state index in [1.807, 2.05) is 0 Å². The zero-order valence-electron chi connectivity index (χ0n) is 16.6. The molecule has 0 aliphatic rings. The predicted octanol–water partition coefficient (Wildman–Crippen LogP) is 4.52. The molecule has 0 radical (unpaired) electrons. The van der Waals surface area contributed by atoms with Gasteiger partial charge in [0.1, 0.15) is 11.6 Å². The van der Waals surface area contributed by atoms with Crippen LogP contribution in [-0.2, 0) is 11.3 Å². The summed E-state index contributed by atoms with van der Waals surface area (Å²) < 4.78 is 20.4. The van der Waals surface area contributed by atoms with E-state index in [9.17, 15) is 18.8 Å². The molecular formula is C24H16BrFN2O4. The third kappa shape index (κ3) is 4.81. The smallest absolute Gasteiger partial charge is 0.312 e. The van der Waals surface area contributed by atoms with Crippen LogP contribution < -0.4 is 10.3 Å². The molecule has 0 saturated carbocycles. The monoisotopic (exact) mass is 494 g/mol. The van der Waals surface area contributed by atoms with Crippen LogP contribution in [0.3, 0.4) is 0 Å². The number of fused-ring (bicyclic) bond motifs is 1. The van der Waals surface area contributed by atoms with Gasteiger partial charge < -0.3 is 4.74 Å². The number of nitrogens with zero attached hydrogens (tertiary/aromatic N) is 2. The van der Waals surface area contributed by atoms with Crippen LogP contribution in [0.5, 0.6) is 5.75 Å². The van der Waals surface area contributed by atoms with E-state index in [0.717, 1.165) is 4.47 Å². The van der Waals surface area contributed by atoms with E-state index in [1.54, 1.807) is 18.2 Å². The van der Waals surface area contributed by atoms with Crippen LogP contribution in [0.1, 0.15) is 22.3 Å². The quantitative estimate of drug-likeness (QED) is 0.223. The number of ketones is 1. The van der Waals surface area contributed by atoms with Crippen molar-refractivity contribution in [1.82, 2.24) is 9.55 Å². The van der Waals surface area contributed by atoms with Crippen molar-refractivity contribution in [2.45, 2.75) is 13.0 Å². The summed E-state index contributed by atoms with van der Waals surface area (Å²) >= 11 is 3.33. The van der Waals surface area contributed by atoms with Gasteiger partial charge in [-0.3, -0.25) is 19.0 Å². The molecule has 0 atom stereocenters. The molecule has 0 bridgehead atoms. The van der Waals surface area contributed by atoms with Gasteiger partial charge in [-0.05, 0) is 66.7 Å². The van der Waals surface area contributed by atoms with Crippen LogP contribution in [0.15, 0.2) is 82.3 Å². The van der Waals surface area contributed by atoms with E-state index in [4.69, 9.17) is 4.74 Å². The number of aryl methyl sites for hydroxylation is 1. The first-order valence-corrected chi connectivity index (χ1v) is 10.5. The molecule has 8 heteroatoms. The minimum absolute atomic E-state index is 0.0304. The second-order valence-electron chi connectivity index (χ2n) is 6.99. The molecular weight excluding hydrogens is 479 g/mol. The summed E-state index contributed by atoms with van der Waals surface area (Å²) in [4.78, 5) is 41.5. The molecule has 0 aliphatic heterocycles. The number of carbonyl (C=O) groups excluding carboxylic acids is 2. The average Bonchev–Trinajstić information content (AvgIpc) is 2.79. The average molecular weight is 495 g/mol. The van der Waals surface area contributed by atoms with Gasteiger partial charge in [0.15, 0.2) is 5.78 Å². The van der Waals surface area contributed by atoms with Crippen molar-refractivity contribution in [3.05, 3.63) is 105 Å². The molecule has 1 aromatic heterocycles. The van der Waals surface area contributed by atoms with Gasteiger partial charge in [-0.15, -0.1) is 0 Å². The molecule has 32 heavy (non-hydrogen) atoms. The van der Waals surface area contributed by atoms with Crippen molar-refractivity contribution in [2.24, 2.45) is 0 Å². The number of carbonyl (C=O) groups is 2. The standard InChI is InChI=1S/C24H16BrFN2O4/c25-17-5-10-21-20(13-17)24(31)28(14-27-21)12-11-22(29)32-19-8-3-16(4-9-19)23(30)15-1-6-18(26)7-2-15/h1-10,13-14H,11-12H2. The molecule has 0 amide bonds. The molecule has 0 aliphatic carbocycles. The summed E-state index contributed by atoms with van der Waals surface area (Å²) in [5.41, 5.74) is 1.08. The maximum Gasteiger partial charge on any atom is 0.312 e. The van der Waals surface area contributed by atoms with Gasteiger partial charge in [0.2, 0.25) is 0 Å². The Bertz CT molecular complexity index is 1370. The van der Waals surface area contributed by atoms with Crippen molar-refractivity contribution in [1.29, 1.82) is 0 Å². The van der Waals surface area contributed by atoms with Crippen molar-refractivity contribution >= 4 is 38.6 Å². The number of halogens is 2. The third-order valence-corrected chi connectivity index (χ3v) is 5.29. The summed E-state index contributed by atoms with van der Waals surface area (Å²) in [5, 5.41) is 0.455. The van der Waals surface area contributed by atoms with Crippen LogP contribution in [0, 0.1) is 5.82 Å². The Morgan fingerprint density at radius 1 is 0.969 bits per heavy atom.